The molecule has 0 radical (unpaired) electrons. The largest absolute Gasteiger partial charge is 0.299 e. The molecule has 0 unspecified atom stereocenters. The van der Waals surface area contributed by atoms with Gasteiger partial charge in [0.25, 0.3) is 0 Å². The van der Waals surface area contributed by atoms with Gasteiger partial charge in [-0.3, -0.25) is 4.79 Å². The molecule has 4 aliphatic rings. The molecule has 4 rings (SSSR count). The van der Waals surface area contributed by atoms with E-state index < -0.39 is 0 Å². The fraction of sp³-hybridized carbons (Fsp3) is 0.889. The summed E-state index contributed by atoms with van der Waals surface area (Å²) in [6, 6.07) is 0. The van der Waals surface area contributed by atoms with E-state index in [2.05, 4.69) is 6.92 Å². The fourth-order valence-corrected chi connectivity index (χ4v) is 3.65. The number of carbonyl (C=O) groups is 1. The minimum Gasteiger partial charge on any atom is -0.299 e. The molecule has 0 heterocycles. The Hall–Kier alpha value is -0.330. The zero-order valence-corrected chi connectivity index (χ0v) is 6.26. The molecule has 0 amide bonds. The van der Waals surface area contributed by atoms with Gasteiger partial charge in [0, 0.05) is 11.8 Å². The summed E-state index contributed by atoms with van der Waals surface area (Å²) < 4.78 is 0. The Kier molecular flexibility index (Phi) is 0.637. The van der Waals surface area contributed by atoms with Crippen LogP contribution in [0.2, 0.25) is 0 Å². The lowest BCUT2D eigenvalue weighted by molar-refractivity contribution is -0.120. The van der Waals surface area contributed by atoms with Crippen LogP contribution in [0.15, 0.2) is 0 Å². The van der Waals surface area contributed by atoms with Gasteiger partial charge in [0.2, 0.25) is 0 Å². The standard InChI is InChI=1S/C9H12O/c1-2-9-4-5-3-6(9)7(9)8(5)10/h5-7H,2-4H2,1H3/t5-,6-,7-,9+/m1/s1. The normalized spacial score (nSPS) is 61.7. The van der Waals surface area contributed by atoms with Crippen molar-refractivity contribution in [1.29, 1.82) is 0 Å². The van der Waals surface area contributed by atoms with Gasteiger partial charge in [-0.25, -0.2) is 0 Å². The number of hydrogen-bond donors (Lipinski definition) is 0. The summed E-state index contributed by atoms with van der Waals surface area (Å²) in [4.78, 5) is 11.4. The first kappa shape index (κ1) is 5.34. The summed E-state index contributed by atoms with van der Waals surface area (Å²) in [6.07, 6.45) is 3.75. The lowest BCUT2D eigenvalue weighted by Gasteiger charge is -2.02. The first-order valence-electron chi connectivity index (χ1n) is 4.33. The molecule has 4 atom stereocenters. The van der Waals surface area contributed by atoms with Crippen LogP contribution in [0.5, 0.6) is 0 Å². The maximum atomic E-state index is 11.4. The summed E-state index contributed by atoms with van der Waals surface area (Å²) in [5.41, 5.74) is 0.557. The SMILES string of the molecule is CC[C@]12C[C@H]3C[C@@H]1[C@@H]2C3=O. The van der Waals surface area contributed by atoms with Crippen LogP contribution in [-0.2, 0) is 4.79 Å². The van der Waals surface area contributed by atoms with Gasteiger partial charge in [-0.1, -0.05) is 6.92 Å². The summed E-state index contributed by atoms with van der Waals surface area (Å²) >= 11 is 0. The minimum atomic E-state index is 0.509. The van der Waals surface area contributed by atoms with Gasteiger partial charge < -0.3 is 0 Å². The zero-order valence-electron chi connectivity index (χ0n) is 6.26. The average Bonchev–Trinajstić information content (AvgIpc) is 2.36. The predicted octanol–water partition coefficient (Wildman–Crippen LogP) is 1.62. The molecule has 0 spiro atoms. The van der Waals surface area contributed by atoms with E-state index in [1.807, 2.05) is 0 Å². The maximum absolute atomic E-state index is 11.4. The van der Waals surface area contributed by atoms with Crippen molar-refractivity contribution in [1.82, 2.24) is 0 Å². The van der Waals surface area contributed by atoms with E-state index in [4.69, 9.17) is 0 Å². The molecule has 1 nitrogen and oxygen atoms in total. The van der Waals surface area contributed by atoms with E-state index in [1.165, 1.54) is 19.3 Å². The van der Waals surface area contributed by atoms with Crippen molar-refractivity contribution in [2.75, 3.05) is 0 Å². The highest BCUT2D eigenvalue weighted by Crippen LogP contribution is 2.78. The van der Waals surface area contributed by atoms with Gasteiger partial charge >= 0.3 is 0 Å². The van der Waals surface area contributed by atoms with Crippen molar-refractivity contribution in [3.8, 4) is 0 Å². The third-order valence-electron chi connectivity index (χ3n) is 4.18. The molecule has 4 bridgehead atoms. The molecule has 0 aromatic rings. The van der Waals surface area contributed by atoms with Gasteiger partial charge in [-0.05, 0) is 30.6 Å². The Balaban J connectivity index is 2.08. The Bertz CT molecular complexity index is 221. The summed E-state index contributed by atoms with van der Waals surface area (Å²) in [6.45, 7) is 2.24. The lowest BCUT2D eigenvalue weighted by atomic mass is 10.0. The van der Waals surface area contributed by atoms with Crippen molar-refractivity contribution in [2.24, 2.45) is 23.2 Å². The lowest BCUT2D eigenvalue weighted by Crippen LogP contribution is -2.00. The number of ketones is 1. The van der Waals surface area contributed by atoms with Crippen molar-refractivity contribution in [2.45, 2.75) is 26.2 Å². The molecule has 1 heteroatoms. The van der Waals surface area contributed by atoms with Crippen molar-refractivity contribution >= 4 is 5.78 Å². The van der Waals surface area contributed by atoms with E-state index in [0.717, 1.165) is 5.92 Å². The molecule has 4 fully saturated rings. The molecule has 4 aliphatic carbocycles. The second-order valence-corrected chi connectivity index (χ2v) is 4.21. The highest BCUT2D eigenvalue weighted by atomic mass is 16.1. The van der Waals surface area contributed by atoms with E-state index in [0.29, 0.717) is 23.0 Å². The molecule has 10 heavy (non-hydrogen) atoms. The molecular formula is C9H12O. The van der Waals surface area contributed by atoms with Gasteiger partial charge in [0.1, 0.15) is 5.78 Å². The first-order valence-corrected chi connectivity index (χ1v) is 4.33. The minimum absolute atomic E-state index is 0.509. The van der Waals surface area contributed by atoms with Crippen LogP contribution in [0.4, 0.5) is 0 Å². The second kappa shape index (κ2) is 1.19. The molecular weight excluding hydrogens is 124 g/mol. The van der Waals surface area contributed by atoms with E-state index >= 15 is 0 Å². The number of carbonyl (C=O) groups excluding carboxylic acids is 1. The predicted molar refractivity (Wildman–Crippen MR) is 37.4 cm³/mol. The smallest absolute Gasteiger partial charge is 0.139 e. The van der Waals surface area contributed by atoms with Crippen LogP contribution in [-0.4, -0.2) is 5.78 Å². The summed E-state index contributed by atoms with van der Waals surface area (Å²) in [7, 11) is 0. The van der Waals surface area contributed by atoms with Gasteiger partial charge in [0.15, 0.2) is 0 Å². The average molecular weight is 136 g/mol. The zero-order chi connectivity index (χ0) is 6.93. The maximum Gasteiger partial charge on any atom is 0.139 e. The van der Waals surface area contributed by atoms with E-state index in [9.17, 15) is 4.79 Å². The molecule has 0 aromatic carbocycles. The van der Waals surface area contributed by atoms with Gasteiger partial charge in [0.05, 0.1) is 0 Å². The van der Waals surface area contributed by atoms with Crippen LogP contribution in [0, 0.1) is 23.2 Å². The second-order valence-electron chi connectivity index (χ2n) is 4.21. The van der Waals surface area contributed by atoms with E-state index in [-0.39, 0.29) is 0 Å². The molecule has 4 saturated carbocycles. The molecule has 0 aliphatic heterocycles. The van der Waals surface area contributed by atoms with Crippen LogP contribution < -0.4 is 0 Å². The molecule has 0 N–H and O–H groups in total. The van der Waals surface area contributed by atoms with Crippen molar-refractivity contribution < 1.29 is 4.79 Å². The third kappa shape index (κ3) is 0.301. The van der Waals surface area contributed by atoms with Crippen LogP contribution >= 0.6 is 0 Å². The highest BCUT2D eigenvalue weighted by Gasteiger charge is 2.77. The monoisotopic (exact) mass is 136 g/mol. The molecule has 0 saturated heterocycles. The molecule has 0 aromatic heterocycles. The van der Waals surface area contributed by atoms with Crippen molar-refractivity contribution in [3.63, 3.8) is 0 Å². The Morgan fingerprint density at radius 3 is 2.70 bits per heavy atom. The first-order chi connectivity index (χ1) is 4.79. The van der Waals surface area contributed by atoms with Crippen molar-refractivity contribution in [3.05, 3.63) is 0 Å². The summed E-state index contributed by atoms with van der Waals surface area (Å²) in [5.74, 6) is 2.51. The van der Waals surface area contributed by atoms with Crippen LogP contribution in [0.1, 0.15) is 26.2 Å². The molecule has 54 valence electrons. The Labute approximate surface area is 60.8 Å². The van der Waals surface area contributed by atoms with Crippen LogP contribution in [0.3, 0.4) is 0 Å². The van der Waals surface area contributed by atoms with E-state index in [1.54, 1.807) is 0 Å². The number of rotatable bonds is 1. The quantitative estimate of drug-likeness (QED) is 0.535. The van der Waals surface area contributed by atoms with Gasteiger partial charge in [-0.15, -0.1) is 0 Å². The fourth-order valence-electron chi connectivity index (χ4n) is 3.65. The van der Waals surface area contributed by atoms with Gasteiger partial charge in [-0.2, -0.15) is 0 Å². The summed E-state index contributed by atoms with van der Waals surface area (Å²) in [5, 5.41) is 0. The third-order valence-corrected chi connectivity index (χ3v) is 4.18. The van der Waals surface area contributed by atoms with Crippen LogP contribution in [0.25, 0.3) is 0 Å². The Morgan fingerprint density at radius 1 is 1.70 bits per heavy atom. The number of hydrogen-bond acceptors (Lipinski definition) is 1. The Morgan fingerprint density at radius 2 is 2.50 bits per heavy atom. The highest BCUT2D eigenvalue weighted by molar-refractivity contribution is 5.93. The number of Topliss-reactive ketones (excluding diaryl/α,β-unsaturated/α-hetero) is 1. The topological polar surface area (TPSA) is 17.1 Å².